The molecule has 1 unspecified atom stereocenters. The average Bonchev–Trinajstić information content (AvgIpc) is 2.90. The molecule has 0 aliphatic carbocycles. The Bertz CT molecular complexity index is 640. The van der Waals surface area contributed by atoms with E-state index in [1.54, 1.807) is 29.9 Å². The number of aromatic nitrogens is 1. The van der Waals surface area contributed by atoms with Crippen LogP contribution in [0.4, 0.5) is 4.39 Å². The van der Waals surface area contributed by atoms with Crippen LogP contribution >= 0.6 is 0 Å². The molecule has 0 spiro atoms. The molecule has 0 fully saturated rings. The van der Waals surface area contributed by atoms with Crippen molar-refractivity contribution >= 4 is 5.91 Å². The second kappa shape index (κ2) is 6.41. The predicted octanol–water partition coefficient (Wildman–Crippen LogP) is 1.64. The summed E-state index contributed by atoms with van der Waals surface area (Å²) in [7, 11) is 3.16. The summed E-state index contributed by atoms with van der Waals surface area (Å²) in [6.07, 6.45) is 0.983. The zero-order valence-corrected chi connectivity index (χ0v) is 11.8. The Morgan fingerprint density at radius 2 is 2.24 bits per heavy atom. The van der Waals surface area contributed by atoms with E-state index in [4.69, 9.17) is 4.74 Å². The fraction of sp³-hybridized carbons (Fsp3) is 0.267. The van der Waals surface area contributed by atoms with E-state index < -0.39 is 17.8 Å². The molecule has 2 aromatic rings. The van der Waals surface area contributed by atoms with Crippen molar-refractivity contribution in [3.63, 3.8) is 0 Å². The number of rotatable bonds is 5. The molecular weight excluding hydrogens is 275 g/mol. The third-order valence-corrected chi connectivity index (χ3v) is 3.20. The van der Waals surface area contributed by atoms with Gasteiger partial charge in [0.25, 0.3) is 5.91 Å². The minimum atomic E-state index is -0.822. The van der Waals surface area contributed by atoms with Gasteiger partial charge >= 0.3 is 0 Å². The number of carbonyl (C=O) groups is 1. The molecule has 0 radical (unpaired) electrons. The highest BCUT2D eigenvalue weighted by atomic mass is 19.1. The molecule has 0 aliphatic rings. The van der Waals surface area contributed by atoms with Crippen molar-refractivity contribution in [3.05, 3.63) is 53.6 Å². The van der Waals surface area contributed by atoms with E-state index in [2.05, 4.69) is 5.32 Å². The number of aryl methyl sites for hydroxylation is 1. The summed E-state index contributed by atoms with van der Waals surface area (Å²) in [6.45, 7) is 0.0460. The summed E-state index contributed by atoms with van der Waals surface area (Å²) < 4.78 is 20.1. The van der Waals surface area contributed by atoms with E-state index in [0.717, 1.165) is 6.07 Å². The van der Waals surface area contributed by atoms with Gasteiger partial charge in [-0.15, -0.1) is 0 Å². The molecule has 1 aromatic carbocycles. The van der Waals surface area contributed by atoms with Gasteiger partial charge in [0, 0.05) is 31.0 Å². The SMILES string of the molecule is COc1ccc(C(=O)NCC(O)c2cccn2C)cc1F. The molecule has 6 heteroatoms. The van der Waals surface area contributed by atoms with E-state index in [-0.39, 0.29) is 17.9 Å². The van der Waals surface area contributed by atoms with Crippen molar-refractivity contribution in [2.24, 2.45) is 7.05 Å². The number of hydrogen-bond acceptors (Lipinski definition) is 3. The van der Waals surface area contributed by atoms with Gasteiger partial charge in [-0.25, -0.2) is 4.39 Å². The fourth-order valence-electron chi connectivity index (χ4n) is 2.02. The summed E-state index contributed by atoms with van der Waals surface area (Å²) >= 11 is 0. The topological polar surface area (TPSA) is 63.5 Å². The fourth-order valence-corrected chi connectivity index (χ4v) is 2.02. The minimum absolute atomic E-state index is 0.0460. The Labute approximate surface area is 122 Å². The lowest BCUT2D eigenvalue weighted by Gasteiger charge is -2.13. The molecule has 112 valence electrons. The van der Waals surface area contributed by atoms with Gasteiger partial charge in [0.2, 0.25) is 0 Å². The number of aliphatic hydroxyl groups is 1. The number of amides is 1. The van der Waals surface area contributed by atoms with Crippen LogP contribution in [0, 0.1) is 5.82 Å². The number of hydrogen-bond donors (Lipinski definition) is 2. The quantitative estimate of drug-likeness (QED) is 0.880. The smallest absolute Gasteiger partial charge is 0.251 e. The van der Waals surface area contributed by atoms with Crippen molar-refractivity contribution in [1.29, 1.82) is 0 Å². The van der Waals surface area contributed by atoms with Crippen LogP contribution in [-0.4, -0.2) is 29.2 Å². The number of methoxy groups -OCH3 is 1. The van der Waals surface area contributed by atoms with Gasteiger partial charge in [0.15, 0.2) is 11.6 Å². The van der Waals surface area contributed by atoms with Crippen LogP contribution in [-0.2, 0) is 7.05 Å². The van der Waals surface area contributed by atoms with Gasteiger partial charge in [-0.2, -0.15) is 0 Å². The van der Waals surface area contributed by atoms with Crippen molar-refractivity contribution < 1.29 is 19.0 Å². The highest BCUT2D eigenvalue weighted by Gasteiger charge is 2.14. The largest absolute Gasteiger partial charge is 0.494 e. The van der Waals surface area contributed by atoms with E-state index in [0.29, 0.717) is 5.69 Å². The van der Waals surface area contributed by atoms with E-state index in [1.165, 1.54) is 19.2 Å². The summed E-state index contributed by atoms with van der Waals surface area (Å²) in [5, 5.41) is 12.6. The van der Waals surface area contributed by atoms with Crippen LogP contribution in [0.2, 0.25) is 0 Å². The van der Waals surface area contributed by atoms with Crippen LogP contribution in [0.3, 0.4) is 0 Å². The van der Waals surface area contributed by atoms with Gasteiger partial charge in [0.1, 0.15) is 6.10 Å². The van der Waals surface area contributed by atoms with Gasteiger partial charge < -0.3 is 19.7 Å². The first-order chi connectivity index (χ1) is 10.0. The number of aliphatic hydroxyl groups excluding tert-OH is 1. The lowest BCUT2D eigenvalue weighted by molar-refractivity contribution is 0.0912. The first kappa shape index (κ1) is 15.1. The van der Waals surface area contributed by atoms with Gasteiger partial charge in [-0.1, -0.05) is 0 Å². The predicted molar refractivity (Wildman–Crippen MR) is 75.7 cm³/mol. The molecule has 0 bridgehead atoms. The highest BCUT2D eigenvalue weighted by molar-refractivity contribution is 5.94. The second-order valence-corrected chi connectivity index (χ2v) is 4.62. The maximum atomic E-state index is 13.5. The van der Waals surface area contributed by atoms with Crippen molar-refractivity contribution in [2.75, 3.05) is 13.7 Å². The van der Waals surface area contributed by atoms with Gasteiger partial charge in [-0.3, -0.25) is 4.79 Å². The molecule has 21 heavy (non-hydrogen) atoms. The minimum Gasteiger partial charge on any atom is -0.494 e. The highest BCUT2D eigenvalue weighted by Crippen LogP contribution is 2.18. The van der Waals surface area contributed by atoms with Gasteiger partial charge in [-0.05, 0) is 30.3 Å². The number of ether oxygens (including phenoxy) is 1. The number of nitrogens with one attached hydrogen (secondary N) is 1. The van der Waals surface area contributed by atoms with Crippen LogP contribution in [0.1, 0.15) is 22.2 Å². The lowest BCUT2D eigenvalue weighted by Crippen LogP contribution is -2.29. The number of carbonyl (C=O) groups excluding carboxylic acids is 1. The molecule has 0 aliphatic heterocycles. The van der Waals surface area contributed by atoms with Crippen LogP contribution in [0.5, 0.6) is 5.75 Å². The molecule has 2 N–H and O–H groups in total. The number of benzene rings is 1. The first-order valence-corrected chi connectivity index (χ1v) is 6.44. The summed E-state index contributed by atoms with van der Waals surface area (Å²) in [5.74, 6) is -0.978. The Balaban J connectivity index is 1.99. The van der Waals surface area contributed by atoms with E-state index in [9.17, 15) is 14.3 Å². The van der Waals surface area contributed by atoms with Crippen LogP contribution in [0.15, 0.2) is 36.5 Å². The number of nitrogens with zero attached hydrogens (tertiary/aromatic N) is 1. The molecule has 5 nitrogen and oxygen atoms in total. The Morgan fingerprint density at radius 1 is 1.48 bits per heavy atom. The average molecular weight is 292 g/mol. The maximum absolute atomic E-state index is 13.5. The molecule has 2 rings (SSSR count). The lowest BCUT2D eigenvalue weighted by atomic mass is 10.2. The van der Waals surface area contributed by atoms with Crippen LogP contribution in [0.25, 0.3) is 0 Å². The Hall–Kier alpha value is -2.34. The molecule has 1 aromatic heterocycles. The second-order valence-electron chi connectivity index (χ2n) is 4.62. The maximum Gasteiger partial charge on any atom is 0.251 e. The van der Waals surface area contributed by atoms with Crippen molar-refractivity contribution in [1.82, 2.24) is 9.88 Å². The van der Waals surface area contributed by atoms with Crippen LogP contribution < -0.4 is 10.1 Å². The molecule has 0 saturated carbocycles. The van der Waals surface area contributed by atoms with Gasteiger partial charge in [0.05, 0.1) is 7.11 Å². The monoisotopic (exact) mass is 292 g/mol. The van der Waals surface area contributed by atoms with E-state index in [1.807, 2.05) is 0 Å². The first-order valence-electron chi connectivity index (χ1n) is 6.44. The molecule has 1 atom stereocenters. The summed E-state index contributed by atoms with van der Waals surface area (Å²) in [6, 6.07) is 7.52. The summed E-state index contributed by atoms with van der Waals surface area (Å²) in [5.41, 5.74) is 0.864. The third kappa shape index (κ3) is 3.41. The zero-order valence-electron chi connectivity index (χ0n) is 11.8. The molecule has 1 amide bonds. The van der Waals surface area contributed by atoms with Crippen molar-refractivity contribution in [2.45, 2.75) is 6.10 Å². The van der Waals surface area contributed by atoms with Crippen molar-refractivity contribution in [3.8, 4) is 5.75 Å². The van der Waals surface area contributed by atoms with E-state index >= 15 is 0 Å². The summed E-state index contributed by atoms with van der Waals surface area (Å²) in [4.78, 5) is 11.9. The Kier molecular flexibility index (Phi) is 4.59. The number of halogens is 1. The standard InChI is InChI=1S/C15H17FN2O3/c1-18-7-3-4-12(18)13(19)9-17-15(20)10-5-6-14(21-2)11(16)8-10/h3-8,13,19H,9H2,1-2H3,(H,17,20). The molecular formula is C15H17FN2O3. The normalized spacial score (nSPS) is 12.0. The molecule has 0 saturated heterocycles. The third-order valence-electron chi connectivity index (χ3n) is 3.20. The molecule has 1 heterocycles. The Morgan fingerprint density at radius 3 is 2.81 bits per heavy atom. The zero-order chi connectivity index (χ0) is 15.4.